The third kappa shape index (κ3) is 3.98. The van der Waals surface area contributed by atoms with Crippen LogP contribution in [0.25, 0.3) is 0 Å². The van der Waals surface area contributed by atoms with Crippen LogP contribution in [0, 0.1) is 13.8 Å². The molecule has 0 bridgehead atoms. The number of nitrogens with one attached hydrogen (secondary N) is 1. The van der Waals surface area contributed by atoms with Crippen LogP contribution >= 0.6 is 11.8 Å². The molecule has 0 aliphatic carbocycles. The minimum absolute atomic E-state index is 1.01. The number of H-pyrrole nitrogens is 1. The number of thioether (sulfide) groups is 1. The quantitative estimate of drug-likeness (QED) is 0.846. The molecule has 0 saturated carbocycles. The molecule has 1 N–H and O–H groups in total. The maximum Gasteiger partial charge on any atom is 0.0678 e. The Balaban J connectivity index is 1.53. The lowest BCUT2D eigenvalue weighted by Gasteiger charge is -2.27. The Morgan fingerprint density at radius 1 is 1.30 bits per heavy atom. The zero-order chi connectivity index (χ0) is 16.2. The Morgan fingerprint density at radius 3 is 2.91 bits per heavy atom. The molecule has 0 spiro atoms. The predicted molar refractivity (Wildman–Crippen MR) is 96.0 cm³/mol. The molecule has 0 unspecified atom stereocenters. The first-order valence-corrected chi connectivity index (χ1v) is 9.84. The smallest absolute Gasteiger partial charge is 0.0678 e. The van der Waals surface area contributed by atoms with Gasteiger partial charge in [-0.3, -0.25) is 14.7 Å². The molecule has 2 aromatic heterocycles. The van der Waals surface area contributed by atoms with Crippen molar-refractivity contribution in [3.63, 3.8) is 0 Å². The van der Waals surface area contributed by atoms with Crippen molar-refractivity contribution < 1.29 is 0 Å². The second kappa shape index (κ2) is 7.53. The van der Waals surface area contributed by atoms with E-state index in [0.717, 1.165) is 56.9 Å². The largest absolute Gasteiger partial charge is 0.298 e. The third-order valence-corrected chi connectivity index (χ3v) is 5.20. The molecule has 0 fully saturated rings. The van der Waals surface area contributed by atoms with Crippen LogP contribution in [-0.2, 0) is 25.9 Å². The van der Waals surface area contributed by atoms with E-state index in [4.69, 9.17) is 0 Å². The van der Waals surface area contributed by atoms with Crippen LogP contribution in [0.2, 0.25) is 0 Å². The van der Waals surface area contributed by atoms with Gasteiger partial charge >= 0.3 is 0 Å². The second-order valence-corrected chi connectivity index (χ2v) is 7.39. The molecule has 3 rings (SSSR count). The molecule has 0 amide bonds. The highest BCUT2D eigenvalue weighted by atomic mass is 32.2. The number of rotatable bonds is 7. The molecule has 0 atom stereocenters. The standard InChI is InChI=1S/C17H27N5S/c1-13-11-14(2)22(20-13)8-4-7-21-9-5-16-15(12-21)17(19-18-16)6-10-23-3/h11H,4-10,12H2,1-3H3,(H,18,19). The summed E-state index contributed by atoms with van der Waals surface area (Å²) in [5.74, 6) is 1.15. The second-order valence-electron chi connectivity index (χ2n) is 6.40. The van der Waals surface area contributed by atoms with Gasteiger partial charge in [0.25, 0.3) is 0 Å². The van der Waals surface area contributed by atoms with Crippen LogP contribution in [-0.4, -0.2) is 50.0 Å². The molecule has 5 nitrogen and oxygen atoms in total. The minimum atomic E-state index is 1.01. The molecule has 2 aromatic rings. The van der Waals surface area contributed by atoms with Crippen LogP contribution in [0.1, 0.15) is 34.8 Å². The van der Waals surface area contributed by atoms with E-state index >= 15 is 0 Å². The lowest BCUT2D eigenvalue weighted by molar-refractivity contribution is 0.243. The number of hydrogen-bond acceptors (Lipinski definition) is 4. The van der Waals surface area contributed by atoms with Gasteiger partial charge in [-0.1, -0.05) is 0 Å². The van der Waals surface area contributed by atoms with Crippen molar-refractivity contribution in [2.75, 3.05) is 25.1 Å². The predicted octanol–water partition coefficient (Wildman–Crippen LogP) is 2.58. The first kappa shape index (κ1) is 16.6. The van der Waals surface area contributed by atoms with Crippen LogP contribution in [0.15, 0.2) is 6.07 Å². The Labute approximate surface area is 142 Å². The van der Waals surface area contributed by atoms with Crippen molar-refractivity contribution in [2.45, 2.75) is 46.2 Å². The highest BCUT2D eigenvalue weighted by Crippen LogP contribution is 2.21. The molecule has 1 aliphatic heterocycles. The Hall–Kier alpha value is -1.27. The number of aromatic nitrogens is 4. The van der Waals surface area contributed by atoms with E-state index in [9.17, 15) is 0 Å². The Bertz CT molecular complexity index is 645. The van der Waals surface area contributed by atoms with Crippen molar-refractivity contribution in [3.8, 4) is 0 Å². The first-order valence-electron chi connectivity index (χ1n) is 8.44. The van der Waals surface area contributed by atoms with E-state index in [1.165, 1.54) is 22.6 Å². The fourth-order valence-corrected chi connectivity index (χ4v) is 3.75. The van der Waals surface area contributed by atoms with E-state index in [1.54, 1.807) is 0 Å². The molecule has 1 aliphatic rings. The number of nitrogens with zero attached hydrogens (tertiary/aromatic N) is 4. The molecule has 0 saturated heterocycles. The van der Waals surface area contributed by atoms with E-state index in [0.29, 0.717) is 0 Å². The van der Waals surface area contributed by atoms with Gasteiger partial charge in [0.1, 0.15) is 0 Å². The summed E-state index contributed by atoms with van der Waals surface area (Å²) in [6.45, 7) is 8.51. The normalized spacial score (nSPS) is 15.1. The van der Waals surface area contributed by atoms with Crippen LogP contribution in [0.5, 0.6) is 0 Å². The van der Waals surface area contributed by atoms with Gasteiger partial charge in [-0.25, -0.2) is 0 Å². The summed E-state index contributed by atoms with van der Waals surface area (Å²) in [4.78, 5) is 2.56. The third-order valence-electron chi connectivity index (χ3n) is 4.59. The zero-order valence-corrected chi connectivity index (χ0v) is 15.2. The molecule has 126 valence electrons. The summed E-state index contributed by atoms with van der Waals surface area (Å²) in [5, 5.41) is 12.3. The van der Waals surface area contributed by atoms with Crippen LogP contribution < -0.4 is 0 Å². The lowest BCUT2D eigenvalue weighted by Crippen LogP contribution is -2.32. The monoisotopic (exact) mass is 333 g/mol. The first-order chi connectivity index (χ1) is 11.2. The summed E-state index contributed by atoms with van der Waals surface area (Å²) >= 11 is 1.89. The van der Waals surface area contributed by atoms with Crippen LogP contribution in [0.3, 0.4) is 0 Å². The van der Waals surface area contributed by atoms with E-state index in [1.807, 2.05) is 11.8 Å². The highest BCUT2D eigenvalue weighted by Gasteiger charge is 2.21. The van der Waals surface area contributed by atoms with Crippen LogP contribution in [0.4, 0.5) is 0 Å². The van der Waals surface area contributed by atoms with Crippen molar-refractivity contribution in [3.05, 3.63) is 34.4 Å². The summed E-state index contributed by atoms with van der Waals surface area (Å²) < 4.78 is 2.13. The molecular formula is C17H27N5S. The summed E-state index contributed by atoms with van der Waals surface area (Å²) in [7, 11) is 0. The molecule has 0 radical (unpaired) electrons. The van der Waals surface area contributed by atoms with Gasteiger partial charge < -0.3 is 0 Å². The molecule has 23 heavy (non-hydrogen) atoms. The van der Waals surface area contributed by atoms with Gasteiger partial charge in [0.15, 0.2) is 0 Å². The van der Waals surface area contributed by atoms with Gasteiger partial charge in [-0.2, -0.15) is 22.0 Å². The van der Waals surface area contributed by atoms with Crippen molar-refractivity contribution >= 4 is 11.8 Å². The summed E-state index contributed by atoms with van der Waals surface area (Å²) in [5.41, 5.74) is 6.46. The van der Waals surface area contributed by atoms with Gasteiger partial charge in [-0.05, 0) is 38.3 Å². The average molecular weight is 334 g/mol. The SMILES string of the molecule is CSCCc1n[nH]c2c1CN(CCCn1nc(C)cc1C)CC2. The van der Waals surface area contributed by atoms with Crippen molar-refractivity contribution in [1.29, 1.82) is 0 Å². The van der Waals surface area contributed by atoms with Gasteiger partial charge in [0.2, 0.25) is 0 Å². The molecule has 0 aromatic carbocycles. The summed E-state index contributed by atoms with van der Waals surface area (Å²) in [6.07, 6.45) is 5.48. The number of aromatic amines is 1. The fourth-order valence-electron chi connectivity index (χ4n) is 3.35. The van der Waals surface area contributed by atoms with Gasteiger partial charge in [0, 0.05) is 56.0 Å². The highest BCUT2D eigenvalue weighted by molar-refractivity contribution is 7.98. The summed E-state index contributed by atoms with van der Waals surface area (Å²) in [6, 6.07) is 2.15. The number of fused-ring (bicyclic) bond motifs is 1. The molecular weight excluding hydrogens is 306 g/mol. The Kier molecular flexibility index (Phi) is 5.43. The number of hydrogen-bond donors (Lipinski definition) is 1. The molecule has 3 heterocycles. The Morgan fingerprint density at radius 2 is 2.17 bits per heavy atom. The van der Waals surface area contributed by atoms with E-state index in [-0.39, 0.29) is 0 Å². The van der Waals surface area contributed by atoms with E-state index in [2.05, 4.69) is 51.0 Å². The fraction of sp³-hybridized carbons (Fsp3) is 0.647. The lowest BCUT2D eigenvalue weighted by atomic mass is 10.0. The average Bonchev–Trinajstić information content (AvgIpc) is 3.08. The number of aryl methyl sites for hydroxylation is 4. The maximum absolute atomic E-state index is 4.55. The van der Waals surface area contributed by atoms with Crippen molar-refractivity contribution in [1.82, 2.24) is 24.9 Å². The minimum Gasteiger partial charge on any atom is -0.298 e. The van der Waals surface area contributed by atoms with Gasteiger partial charge in [0.05, 0.1) is 11.4 Å². The maximum atomic E-state index is 4.55. The molecule has 6 heteroatoms. The zero-order valence-electron chi connectivity index (χ0n) is 14.4. The van der Waals surface area contributed by atoms with Crippen molar-refractivity contribution in [2.24, 2.45) is 0 Å². The topological polar surface area (TPSA) is 49.7 Å². The van der Waals surface area contributed by atoms with Gasteiger partial charge in [-0.15, -0.1) is 0 Å². The van der Waals surface area contributed by atoms with E-state index < -0.39 is 0 Å².